The maximum Gasteiger partial charge on any atom is 0.272 e. The summed E-state index contributed by atoms with van der Waals surface area (Å²) < 4.78 is 31.4. The summed E-state index contributed by atoms with van der Waals surface area (Å²) in [4.78, 5) is 0. The molecule has 0 radical (unpaired) electrons. The standard InChI is InChI=1S/C20H34O3S/c1-16(2)12-20(13-17(3)4,14-18(5)6)23-24(21,22)15-19-10-8-7-9-11-19/h7-11,16-18H,12-15H2,1-6H3. The number of hydrogen-bond acceptors (Lipinski definition) is 3. The molecule has 0 atom stereocenters. The topological polar surface area (TPSA) is 43.4 Å². The van der Waals surface area contributed by atoms with Crippen molar-refractivity contribution < 1.29 is 12.6 Å². The molecule has 0 saturated heterocycles. The maximum absolute atomic E-state index is 12.7. The quantitative estimate of drug-likeness (QED) is 0.528. The molecular formula is C20H34O3S. The third-order valence-corrected chi connectivity index (χ3v) is 5.13. The minimum Gasteiger partial charge on any atom is -0.263 e. The first-order chi connectivity index (χ1) is 11.0. The number of benzene rings is 1. The highest BCUT2D eigenvalue weighted by molar-refractivity contribution is 7.85. The molecule has 3 nitrogen and oxygen atoms in total. The molecule has 24 heavy (non-hydrogen) atoms. The molecule has 138 valence electrons. The minimum absolute atomic E-state index is 0.0656. The van der Waals surface area contributed by atoms with E-state index in [0.717, 1.165) is 24.8 Å². The highest BCUT2D eigenvalue weighted by atomic mass is 32.2. The Morgan fingerprint density at radius 2 is 1.25 bits per heavy atom. The first kappa shape index (κ1) is 21.2. The molecule has 0 amide bonds. The normalized spacial score (nSPS) is 13.2. The zero-order valence-electron chi connectivity index (χ0n) is 16.1. The van der Waals surface area contributed by atoms with Gasteiger partial charge in [0.15, 0.2) is 0 Å². The van der Waals surface area contributed by atoms with Gasteiger partial charge in [0.1, 0.15) is 5.75 Å². The van der Waals surface area contributed by atoms with E-state index in [1.165, 1.54) is 0 Å². The van der Waals surface area contributed by atoms with Crippen molar-refractivity contribution in [2.75, 3.05) is 0 Å². The van der Waals surface area contributed by atoms with Crippen molar-refractivity contribution in [3.05, 3.63) is 35.9 Å². The molecule has 0 N–H and O–H groups in total. The second-order valence-electron chi connectivity index (χ2n) is 8.25. The summed E-state index contributed by atoms with van der Waals surface area (Å²) in [7, 11) is -3.63. The first-order valence-electron chi connectivity index (χ1n) is 9.01. The predicted molar refractivity (Wildman–Crippen MR) is 101 cm³/mol. The lowest BCUT2D eigenvalue weighted by atomic mass is 9.79. The molecule has 4 heteroatoms. The molecule has 1 rings (SSSR count). The van der Waals surface area contributed by atoms with Crippen molar-refractivity contribution in [3.63, 3.8) is 0 Å². The van der Waals surface area contributed by atoms with Gasteiger partial charge in [0.2, 0.25) is 0 Å². The fourth-order valence-corrected chi connectivity index (χ4v) is 5.06. The molecule has 1 aromatic carbocycles. The Morgan fingerprint density at radius 1 is 0.833 bits per heavy atom. The highest BCUT2D eigenvalue weighted by Gasteiger charge is 2.38. The molecule has 0 aliphatic carbocycles. The van der Waals surface area contributed by atoms with Gasteiger partial charge in [-0.15, -0.1) is 0 Å². The zero-order chi connectivity index (χ0) is 18.4. The van der Waals surface area contributed by atoms with Crippen LogP contribution in [0, 0.1) is 17.8 Å². The zero-order valence-corrected chi connectivity index (χ0v) is 16.9. The van der Waals surface area contributed by atoms with Crippen LogP contribution in [0.15, 0.2) is 30.3 Å². The van der Waals surface area contributed by atoms with E-state index in [-0.39, 0.29) is 5.75 Å². The van der Waals surface area contributed by atoms with Crippen LogP contribution in [-0.2, 0) is 20.1 Å². The Bertz CT molecular complexity index is 548. The molecule has 0 aromatic heterocycles. The van der Waals surface area contributed by atoms with E-state index in [4.69, 9.17) is 4.18 Å². The van der Waals surface area contributed by atoms with E-state index in [9.17, 15) is 8.42 Å². The molecule has 0 fully saturated rings. The van der Waals surface area contributed by atoms with Gasteiger partial charge >= 0.3 is 0 Å². The molecule has 1 aromatic rings. The van der Waals surface area contributed by atoms with Crippen LogP contribution < -0.4 is 0 Å². The van der Waals surface area contributed by atoms with Gasteiger partial charge in [-0.1, -0.05) is 71.9 Å². The number of rotatable bonds is 10. The van der Waals surface area contributed by atoms with Crippen LogP contribution in [0.5, 0.6) is 0 Å². The van der Waals surface area contributed by atoms with Gasteiger partial charge in [-0.05, 0) is 42.6 Å². The van der Waals surface area contributed by atoms with Crippen LogP contribution >= 0.6 is 0 Å². The predicted octanol–water partition coefficient (Wildman–Crippen LogP) is 5.41. The molecule has 0 saturated carbocycles. The Kier molecular flexibility index (Phi) is 7.94. The Labute approximate surface area is 148 Å². The fourth-order valence-electron chi connectivity index (χ4n) is 3.66. The lowest BCUT2D eigenvalue weighted by molar-refractivity contribution is 0.0135. The Morgan fingerprint density at radius 3 is 1.62 bits per heavy atom. The van der Waals surface area contributed by atoms with Gasteiger partial charge in [-0.3, -0.25) is 4.18 Å². The van der Waals surface area contributed by atoms with E-state index >= 15 is 0 Å². The van der Waals surface area contributed by atoms with Crippen molar-refractivity contribution in [2.45, 2.75) is 72.2 Å². The van der Waals surface area contributed by atoms with Gasteiger partial charge < -0.3 is 0 Å². The molecule has 0 bridgehead atoms. The monoisotopic (exact) mass is 354 g/mol. The van der Waals surface area contributed by atoms with E-state index in [0.29, 0.717) is 17.8 Å². The van der Waals surface area contributed by atoms with Crippen molar-refractivity contribution >= 4 is 10.1 Å². The summed E-state index contributed by atoms with van der Waals surface area (Å²) in [5, 5.41) is 0. The Balaban J connectivity index is 3.07. The van der Waals surface area contributed by atoms with Crippen LogP contribution in [0.3, 0.4) is 0 Å². The van der Waals surface area contributed by atoms with E-state index in [1.807, 2.05) is 30.3 Å². The van der Waals surface area contributed by atoms with E-state index in [1.54, 1.807) is 0 Å². The molecule has 0 aliphatic rings. The van der Waals surface area contributed by atoms with Crippen molar-refractivity contribution in [2.24, 2.45) is 17.8 Å². The van der Waals surface area contributed by atoms with Crippen LogP contribution in [0.25, 0.3) is 0 Å². The summed E-state index contributed by atoms with van der Waals surface area (Å²) in [6, 6.07) is 9.26. The van der Waals surface area contributed by atoms with Crippen LogP contribution in [0.2, 0.25) is 0 Å². The van der Waals surface area contributed by atoms with Crippen LogP contribution in [0.1, 0.15) is 66.4 Å². The first-order valence-corrected chi connectivity index (χ1v) is 10.6. The average Bonchev–Trinajstić information content (AvgIpc) is 2.34. The van der Waals surface area contributed by atoms with Crippen LogP contribution in [-0.4, -0.2) is 14.0 Å². The van der Waals surface area contributed by atoms with Crippen LogP contribution in [0.4, 0.5) is 0 Å². The summed E-state index contributed by atoms with van der Waals surface area (Å²) in [5.41, 5.74) is 0.162. The molecule has 0 heterocycles. The van der Waals surface area contributed by atoms with Crippen molar-refractivity contribution in [1.29, 1.82) is 0 Å². The fraction of sp³-hybridized carbons (Fsp3) is 0.700. The third-order valence-electron chi connectivity index (χ3n) is 3.83. The van der Waals surface area contributed by atoms with Gasteiger partial charge in [-0.2, -0.15) is 8.42 Å². The summed E-state index contributed by atoms with van der Waals surface area (Å²) in [6.07, 6.45) is 2.28. The van der Waals surface area contributed by atoms with Crippen molar-refractivity contribution in [1.82, 2.24) is 0 Å². The van der Waals surface area contributed by atoms with Gasteiger partial charge in [0, 0.05) is 0 Å². The van der Waals surface area contributed by atoms with Gasteiger partial charge in [0.05, 0.1) is 5.60 Å². The molecular weight excluding hydrogens is 320 g/mol. The summed E-state index contributed by atoms with van der Waals surface area (Å²) in [5.74, 6) is 1.09. The molecule has 0 unspecified atom stereocenters. The number of hydrogen-bond donors (Lipinski definition) is 0. The van der Waals surface area contributed by atoms with E-state index in [2.05, 4.69) is 41.5 Å². The summed E-state index contributed by atoms with van der Waals surface area (Å²) >= 11 is 0. The largest absolute Gasteiger partial charge is 0.272 e. The molecule has 0 aliphatic heterocycles. The Hall–Kier alpha value is -0.870. The second kappa shape index (κ2) is 9.00. The minimum atomic E-state index is -3.63. The average molecular weight is 355 g/mol. The van der Waals surface area contributed by atoms with E-state index < -0.39 is 15.7 Å². The maximum atomic E-state index is 12.7. The van der Waals surface area contributed by atoms with Crippen molar-refractivity contribution in [3.8, 4) is 0 Å². The second-order valence-corrected chi connectivity index (χ2v) is 9.82. The molecule has 0 spiro atoms. The third kappa shape index (κ3) is 7.80. The SMILES string of the molecule is CC(C)CC(CC(C)C)(CC(C)C)OS(=O)(=O)Cc1ccccc1. The van der Waals surface area contributed by atoms with Gasteiger partial charge in [-0.25, -0.2) is 0 Å². The van der Waals surface area contributed by atoms with Gasteiger partial charge in [0.25, 0.3) is 10.1 Å². The summed E-state index contributed by atoms with van der Waals surface area (Å²) in [6.45, 7) is 12.8. The lowest BCUT2D eigenvalue weighted by Gasteiger charge is -2.37. The lowest BCUT2D eigenvalue weighted by Crippen LogP contribution is -2.39. The highest BCUT2D eigenvalue weighted by Crippen LogP contribution is 2.37. The smallest absolute Gasteiger partial charge is 0.263 e.